The van der Waals surface area contributed by atoms with E-state index in [1.54, 1.807) is 32.4 Å². The third kappa shape index (κ3) is 4.89. The quantitative estimate of drug-likeness (QED) is 0.772. The lowest BCUT2D eigenvalue weighted by Gasteiger charge is -2.14. The molecule has 1 atom stereocenters. The Hall–Kier alpha value is -2.21. The van der Waals surface area contributed by atoms with Crippen molar-refractivity contribution in [3.8, 4) is 11.5 Å². The Morgan fingerprint density at radius 2 is 1.79 bits per heavy atom. The Bertz CT molecular complexity index is 691. The first-order valence-corrected chi connectivity index (χ1v) is 8.41. The Balaban J connectivity index is 1.90. The van der Waals surface area contributed by atoms with Crippen molar-refractivity contribution in [2.24, 2.45) is 0 Å². The number of halogens is 1. The molecule has 1 N–H and O–H groups in total. The molecule has 0 heterocycles. The van der Waals surface area contributed by atoms with Gasteiger partial charge in [0.2, 0.25) is 5.91 Å². The van der Waals surface area contributed by atoms with Crippen LogP contribution >= 0.6 is 11.8 Å². The minimum absolute atomic E-state index is 0.0911. The normalized spacial score (nSPS) is 11.7. The highest BCUT2D eigenvalue weighted by atomic mass is 32.2. The lowest BCUT2D eigenvalue weighted by atomic mass is 10.1. The summed E-state index contributed by atoms with van der Waals surface area (Å²) in [4.78, 5) is 13.0. The predicted octanol–water partition coefficient (Wildman–Crippen LogP) is 3.81. The van der Waals surface area contributed by atoms with Gasteiger partial charge >= 0.3 is 0 Å². The van der Waals surface area contributed by atoms with Crippen LogP contribution in [0, 0.1) is 5.82 Å². The fraction of sp³-hybridized carbons (Fsp3) is 0.278. The van der Waals surface area contributed by atoms with Crippen molar-refractivity contribution in [3.05, 3.63) is 53.8 Å². The minimum atomic E-state index is -0.290. The van der Waals surface area contributed by atoms with Gasteiger partial charge in [0.05, 0.1) is 26.0 Å². The number of amides is 1. The van der Waals surface area contributed by atoms with E-state index in [4.69, 9.17) is 9.47 Å². The highest BCUT2D eigenvalue weighted by Crippen LogP contribution is 2.31. The standard InChI is InChI=1S/C18H20FNO3S/c1-12(13-4-6-14(19)7-5-13)20-18(21)11-24-15-8-9-16(22-2)17(10-15)23-3/h4-10,12H,11H2,1-3H3,(H,20,21)/t12-/m1/s1. The zero-order valence-electron chi connectivity index (χ0n) is 13.8. The largest absolute Gasteiger partial charge is 0.493 e. The molecule has 2 rings (SSSR count). The first-order chi connectivity index (χ1) is 11.5. The molecule has 0 bridgehead atoms. The van der Waals surface area contributed by atoms with Crippen LogP contribution in [0.5, 0.6) is 11.5 Å². The topological polar surface area (TPSA) is 47.6 Å². The summed E-state index contributed by atoms with van der Waals surface area (Å²) in [6.45, 7) is 1.87. The monoisotopic (exact) mass is 349 g/mol. The Morgan fingerprint density at radius 3 is 2.42 bits per heavy atom. The summed E-state index contributed by atoms with van der Waals surface area (Å²) in [5.41, 5.74) is 0.862. The van der Waals surface area contributed by atoms with Crippen LogP contribution in [0.4, 0.5) is 4.39 Å². The average molecular weight is 349 g/mol. The second kappa shape index (κ2) is 8.59. The molecule has 0 fully saturated rings. The SMILES string of the molecule is COc1ccc(SCC(=O)N[C@H](C)c2ccc(F)cc2)cc1OC. The van der Waals surface area contributed by atoms with E-state index in [0.717, 1.165) is 10.5 Å². The first-order valence-electron chi connectivity index (χ1n) is 7.43. The van der Waals surface area contributed by atoms with Gasteiger partial charge in [0, 0.05) is 4.90 Å². The third-order valence-electron chi connectivity index (χ3n) is 3.47. The van der Waals surface area contributed by atoms with Crippen LogP contribution < -0.4 is 14.8 Å². The van der Waals surface area contributed by atoms with Gasteiger partial charge in [-0.1, -0.05) is 12.1 Å². The van der Waals surface area contributed by atoms with Gasteiger partial charge in [-0.2, -0.15) is 0 Å². The van der Waals surface area contributed by atoms with Gasteiger partial charge in [0.1, 0.15) is 5.82 Å². The number of methoxy groups -OCH3 is 2. The number of carbonyl (C=O) groups excluding carboxylic acids is 1. The van der Waals surface area contributed by atoms with Crippen LogP contribution in [0.2, 0.25) is 0 Å². The number of hydrogen-bond donors (Lipinski definition) is 1. The summed E-state index contributed by atoms with van der Waals surface area (Å²) in [7, 11) is 3.15. The van der Waals surface area contributed by atoms with E-state index in [2.05, 4.69) is 5.32 Å². The molecule has 0 aliphatic carbocycles. The van der Waals surface area contributed by atoms with Gasteiger partial charge in [-0.15, -0.1) is 11.8 Å². The van der Waals surface area contributed by atoms with Crippen LogP contribution in [0.25, 0.3) is 0 Å². The van der Waals surface area contributed by atoms with Gasteiger partial charge in [0.15, 0.2) is 11.5 Å². The third-order valence-corrected chi connectivity index (χ3v) is 4.47. The second-order valence-corrected chi connectivity index (χ2v) is 6.19. The maximum absolute atomic E-state index is 12.9. The molecule has 2 aromatic carbocycles. The summed E-state index contributed by atoms with van der Waals surface area (Å²) < 4.78 is 23.4. The number of carbonyl (C=O) groups is 1. The molecule has 0 saturated heterocycles. The molecule has 0 radical (unpaired) electrons. The fourth-order valence-electron chi connectivity index (χ4n) is 2.17. The number of hydrogen-bond acceptors (Lipinski definition) is 4. The van der Waals surface area contributed by atoms with E-state index in [9.17, 15) is 9.18 Å². The molecular formula is C18H20FNO3S. The van der Waals surface area contributed by atoms with Crippen LogP contribution in [-0.4, -0.2) is 25.9 Å². The zero-order chi connectivity index (χ0) is 17.5. The van der Waals surface area contributed by atoms with Crippen molar-refractivity contribution in [1.82, 2.24) is 5.32 Å². The lowest BCUT2D eigenvalue weighted by Crippen LogP contribution is -2.28. The molecule has 0 aromatic heterocycles. The van der Waals surface area contributed by atoms with Crippen LogP contribution in [0.1, 0.15) is 18.5 Å². The van der Waals surface area contributed by atoms with Gasteiger partial charge in [-0.3, -0.25) is 4.79 Å². The highest BCUT2D eigenvalue weighted by Gasteiger charge is 2.11. The van der Waals surface area contributed by atoms with Gasteiger partial charge in [-0.25, -0.2) is 4.39 Å². The van der Waals surface area contributed by atoms with E-state index in [1.165, 1.54) is 23.9 Å². The van der Waals surface area contributed by atoms with Gasteiger partial charge in [-0.05, 0) is 42.8 Å². The van der Waals surface area contributed by atoms with E-state index >= 15 is 0 Å². The van der Waals surface area contributed by atoms with Crippen molar-refractivity contribution in [2.45, 2.75) is 17.9 Å². The molecule has 0 spiro atoms. The summed E-state index contributed by atoms with van der Waals surface area (Å²) in [5.74, 6) is 1.17. The van der Waals surface area contributed by atoms with Crippen LogP contribution in [0.15, 0.2) is 47.4 Å². The Morgan fingerprint density at radius 1 is 1.12 bits per heavy atom. The molecule has 6 heteroatoms. The Labute approximate surface area is 145 Å². The number of ether oxygens (including phenoxy) is 2. The summed E-state index contributed by atoms with van der Waals surface area (Å²) in [6.07, 6.45) is 0. The second-order valence-electron chi connectivity index (χ2n) is 5.15. The number of rotatable bonds is 7. The molecule has 2 aromatic rings. The van der Waals surface area contributed by atoms with Crippen molar-refractivity contribution in [1.29, 1.82) is 0 Å². The summed E-state index contributed by atoms with van der Waals surface area (Å²) >= 11 is 1.41. The minimum Gasteiger partial charge on any atom is -0.493 e. The maximum Gasteiger partial charge on any atom is 0.230 e. The maximum atomic E-state index is 12.9. The van der Waals surface area contributed by atoms with Crippen molar-refractivity contribution >= 4 is 17.7 Å². The van der Waals surface area contributed by atoms with Crippen LogP contribution in [-0.2, 0) is 4.79 Å². The molecule has 4 nitrogen and oxygen atoms in total. The van der Waals surface area contributed by atoms with Crippen molar-refractivity contribution < 1.29 is 18.7 Å². The van der Waals surface area contributed by atoms with E-state index in [1.807, 2.05) is 19.1 Å². The summed E-state index contributed by atoms with van der Waals surface area (Å²) in [5, 5.41) is 2.90. The molecule has 0 aliphatic rings. The fourth-order valence-corrected chi connectivity index (χ4v) is 2.91. The Kier molecular flexibility index (Phi) is 6.49. The number of benzene rings is 2. The number of thioether (sulfide) groups is 1. The number of nitrogens with one attached hydrogen (secondary N) is 1. The van der Waals surface area contributed by atoms with Crippen LogP contribution in [0.3, 0.4) is 0 Å². The molecule has 0 saturated carbocycles. The first kappa shape index (κ1) is 18.1. The molecule has 1 amide bonds. The van der Waals surface area contributed by atoms with E-state index < -0.39 is 0 Å². The van der Waals surface area contributed by atoms with Gasteiger partial charge < -0.3 is 14.8 Å². The predicted molar refractivity (Wildman–Crippen MR) is 93.2 cm³/mol. The highest BCUT2D eigenvalue weighted by molar-refractivity contribution is 8.00. The zero-order valence-corrected chi connectivity index (χ0v) is 14.7. The summed E-state index contributed by atoms with van der Waals surface area (Å²) in [6, 6.07) is 11.4. The van der Waals surface area contributed by atoms with Gasteiger partial charge in [0.25, 0.3) is 0 Å². The lowest BCUT2D eigenvalue weighted by molar-refractivity contribution is -0.119. The average Bonchev–Trinajstić information content (AvgIpc) is 2.60. The van der Waals surface area contributed by atoms with Crippen molar-refractivity contribution in [3.63, 3.8) is 0 Å². The van der Waals surface area contributed by atoms with E-state index in [-0.39, 0.29) is 23.5 Å². The van der Waals surface area contributed by atoms with E-state index in [0.29, 0.717) is 11.5 Å². The smallest absolute Gasteiger partial charge is 0.230 e. The molecule has 0 unspecified atom stereocenters. The molecule has 128 valence electrons. The molecular weight excluding hydrogens is 329 g/mol. The molecule has 0 aliphatic heterocycles. The van der Waals surface area contributed by atoms with Crippen molar-refractivity contribution in [2.75, 3.05) is 20.0 Å². The molecule has 24 heavy (non-hydrogen) atoms.